The Morgan fingerprint density at radius 3 is 1.91 bits per heavy atom. The normalized spacial score (nSPS) is 15.6. The van der Waals surface area contributed by atoms with E-state index in [1.165, 1.54) is 7.11 Å². The summed E-state index contributed by atoms with van der Waals surface area (Å²) in [5.74, 6) is 1.33. The minimum atomic E-state index is -0.664. The molecular weight excluding hydrogens is 661 g/mol. The van der Waals surface area contributed by atoms with Crippen LogP contribution in [0.1, 0.15) is 71.2 Å². The van der Waals surface area contributed by atoms with Crippen molar-refractivity contribution in [1.82, 2.24) is 30.2 Å². The summed E-state index contributed by atoms with van der Waals surface area (Å²) in [6.45, 7) is 10.7. The topological polar surface area (TPSA) is 142 Å². The molecule has 10 nitrogen and oxygen atoms in total. The smallest absolute Gasteiger partial charge is 0.407 e. The molecule has 47 heavy (non-hydrogen) atoms. The first-order chi connectivity index (χ1) is 21.0. The monoisotopic (exact) mass is 705 g/mol. The van der Waals surface area contributed by atoms with Crippen LogP contribution in [0.15, 0.2) is 60.9 Å². The molecule has 1 fully saturated rings. The first kappa shape index (κ1) is 39.6. The standard InChI is InChI=1S/C34H43N7O3.3ClH/c1-20(2)28(40-33(43)44-6)32(42)41-17-7-8-27(41)30-36-18-25(38-30)23-13-9-21(10-14-23)22-11-15-24(16-12-22)26-19-37-31(39-26)29(35)34(3,4)5;;;/h9-16,18-20,27-29H,7-8,17,35H2,1-6H3,(H,36,38)(H,37,39)(H,40,43);3*1H/t27-,28-,29+;;;/m0.../s1. The number of amides is 2. The summed E-state index contributed by atoms with van der Waals surface area (Å²) in [6.07, 6.45) is 4.72. The second-order valence-corrected chi connectivity index (χ2v) is 12.9. The van der Waals surface area contributed by atoms with Gasteiger partial charge in [0.1, 0.15) is 17.7 Å². The van der Waals surface area contributed by atoms with Crippen LogP contribution in [0.25, 0.3) is 33.6 Å². The summed E-state index contributed by atoms with van der Waals surface area (Å²) < 4.78 is 4.74. The molecule has 0 aliphatic carbocycles. The maximum atomic E-state index is 13.4. The number of nitrogens with zero attached hydrogens (tertiary/aromatic N) is 3. The number of carbonyl (C=O) groups is 2. The molecule has 1 aliphatic heterocycles. The van der Waals surface area contributed by atoms with Crippen molar-refractivity contribution in [2.24, 2.45) is 17.1 Å². The van der Waals surface area contributed by atoms with Gasteiger partial charge in [-0.25, -0.2) is 14.8 Å². The number of alkyl carbamates (subject to hydrolysis) is 1. The van der Waals surface area contributed by atoms with Crippen LogP contribution in [0.5, 0.6) is 0 Å². The zero-order chi connectivity index (χ0) is 31.6. The zero-order valence-electron chi connectivity index (χ0n) is 27.6. The van der Waals surface area contributed by atoms with Crippen LogP contribution >= 0.6 is 37.2 Å². The number of aromatic nitrogens is 4. The number of carbonyl (C=O) groups excluding carboxylic acids is 2. The quantitative estimate of drug-likeness (QED) is 0.150. The molecule has 2 aromatic carbocycles. The minimum absolute atomic E-state index is 0. The number of ether oxygens (including phenoxy) is 1. The van der Waals surface area contributed by atoms with E-state index in [4.69, 9.17) is 10.5 Å². The van der Waals surface area contributed by atoms with E-state index in [9.17, 15) is 9.59 Å². The fraction of sp³-hybridized carbons (Fsp3) is 0.412. The summed E-state index contributed by atoms with van der Waals surface area (Å²) >= 11 is 0. The maximum Gasteiger partial charge on any atom is 0.407 e. The molecule has 3 atom stereocenters. The third-order valence-corrected chi connectivity index (χ3v) is 8.39. The van der Waals surface area contributed by atoms with Gasteiger partial charge < -0.3 is 30.7 Å². The zero-order valence-corrected chi connectivity index (χ0v) is 30.0. The van der Waals surface area contributed by atoms with E-state index in [-0.39, 0.29) is 66.5 Å². The van der Waals surface area contributed by atoms with Gasteiger partial charge in [-0.05, 0) is 46.4 Å². The highest BCUT2D eigenvalue weighted by atomic mass is 35.5. The van der Waals surface area contributed by atoms with Crippen molar-refractivity contribution in [3.8, 4) is 33.6 Å². The summed E-state index contributed by atoms with van der Waals surface area (Å²) in [7, 11) is 1.30. The van der Waals surface area contributed by atoms with Crippen molar-refractivity contribution in [3.05, 3.63) is 72.6 Å². The molecule has 5 N–H and O–H groups in total. The van der Waals surface area contributed by atoms with Crippen LogP contribution in [0.2, 0.25) is 0 Å². The number of methoxy groups -OCH3 is 1. The minimum Gasteiger partial charge on any atom is -0.453 e. The van der Waals surface area contributed by atoms with Gasteiger partial charge >= 0.3 is 6.09 Å². The predicted molar refractivity (Wildman–Crippen MR) is 193 cm³/mol. The molecule has 13 heteroatoms. The van der Waals surface area contributed by atoms with Gasteiger partial charge in [-0.1, -0.05) is 83.1 Å². The number of nitrogens with one attached hydrogen (secondary N) is 3. The van der Waals surface area contributed by atoms with Crippen molar-refractivity contribution >= 4 is 49.2 Å². The summed E-state index contributed by atoms with van der Waals surface area (Å²) in [5, 5.41) is 2.69. The van der Waals surface area contributed by atoms with Crippen LogP contribution < -0.4 is 11.1 Å². The van der Waals surface area contributed by atoms with Gasteiger partial charge in [0.05, 0.1) is 43.0 Å². The Morgan fingerprint density at radius 2 is 1.40 bits per heavy atom. The highest BCUT2D eigenvalue weighted by molar-refractivity contribution is 5.86. The number of nitrogens with two attached hydrogens (primary N) is 1. The number of hydrogen-bond donors (Lipinski definition) is 4. The Labute approximate surface area is 295 Å². The van der Waals surface area contributed by atoms with Crippen molar-refractivity contribution < 1.29 is 14.3 Å². The number of imidazole rings is 2. The lowest BCUT2D eigenvalue weighted by molar-refractivity contribution is -0.135. The molecule has 5 rings (SSSR count). The van der Waals surface area contributed by atoms with Gasteiger partial charge in [0.2, 0.25) is 5.91 Å². The largest absolute Gasteiger partial charge is 0.453 e. The van der Waals surface area contributed by atoms with Crippen molar-refractivity contribution in [1.29, 1.82) is 0 Å². The molecule has 0 unspecified atom stereocenters. The lowest BCUT2D eigenvalue weighted by Gasteiger charge is -2.30. The fourth-order valence-electron chi connectivity index (χ4n) is 5.58. The third kappa shape index (κ3) is 8.87. The average Bonchev–Trinajstić information content (AvgIpc) is 3.79. The average molecular weight is 707 g/mol. The first-order valence-corrected chi connectivity index (χ1v) is 15.2. The number of likely N-dealkylation sites (tertiary alicyclic amines) is 1. The van der Waals surface area contributed by atoms with E-state index in [0.29, 0.717) is 6.54 Å². The lowest BCUT2D eigenvalue weighted by Crippen LogP contribution is -2.51. The third-order valence-electron chi connectivity index (χ3n) is 8.39. The molecule has 0 bridgehead atoms. The van der Waals surface area contributed by atoms with Crippen LogP contribution in [0, 0.1) is 11.3 Å². The Kier molecular flexibility index (Phi) is 13.9. The van der Waals surface area contributed by atoms with E-state index < -0.39 is 12.1 Å². The summed E-state index contributed by atoms with van der Waals surface area (Å²) in [4.78, 5) is 43.1. The van der Waals surface area contributed by atoms with E-state index in [2.05, 4.69) is 94.6 Å². The van der Waals surface area contributed by atoms with Gasteiger partial charge in [0.25, 0.3) is 0 Å². The number of halogens is 3. The number of H-pyrrole nitrogens is 2. The predicted octanol–water partition coefficient (Wildman–Crippen LogP) is 7.49. The number of aromatic amines is 2. The molecule has 1 saturated heterocycles. The van der Waals surface area contributed by atoms with Crippen LogP contribution in [0.3, 0.4) is 0 Å². The molecular formula is C34H46Cl3N7O3. The Hall–Kier alpha value is -3.57. The molecule has 2 aromatic heterocycles. The fourth-order valence-corrected chi connectivity index (χ4v) is 5.58. The molecule has 0 spiro atoms. The second kappa shape index (κ2) is 16.5. The van der Waals surface area contributed by atoms with Crippen LogP contribution in [0.4, 0.5) is 4.79 Å². The molecule has 3 heterocycles. The number of rotatable bonds is 8. The van der Waals surface area contributed by atoms with Gasteiger partial charge in [0.15, 0.2) is 0 Å². The van der Waals surface area contributed by atoms with E-state index in [1.807, 2.05) is 31.1 Å². The van der Waals surface area contributed by atoms with Gasteiger partial charge in [-0.3, -0.25) is 4.79 Å². The number of hydrogen-bond acceptors (Lipinski definition) is 6. The van der Waals surface area contributed by atoms with Crippen molar-refractivity contribution in [2.75, 3.05) is 13.7 Å². The highest BCUT2D eigenvalue weighted by Crippen LogP contribution is 2.34. The molecule has 0 saturated carbocycles. The van der Waals surface area contributed by atoms with Gasteiger partial charge in [-0.2, -0.15) is 0 Å². The van der Waals surface area contributed by atoms with Crippen LogP contribution in [-0.4, -0.2) is 56.5 Å². The Balaban J connectivity index is 0.00000256. The van der Waals surface area contributed by atoms with E-state index >= 15 is 0 Å². The SMILES string of the molecule is COC(=O)N[C@H](C(=O)N1CCC[C@H]1c1ncc(-c2ccc(-c3ccc(-c4cnc([C@@H](N)C(C)(C)C)[nH]4)cc3)cc2)[nH]1)C(C)C.Cl.Cl.Cl. The highest BCUT2D eigenvalue weighted by Gasteiger charge is 2.37. The maximum absolute atomic E-state index is 13.4. The molecule has 1 aliphatic rings. The molecule has 0 radical (unpaired) electrons. The van der Waals surface area contributed by atoms with Crippen molar-refractivity contribution in [2.45, 2.75) is 65.6 Å². The Bertz CT molecular complexity index is 1600. The lowest BCUT2D eigenvalue weighted by atomic mass is 9.87. The van der Waals surface area contributed by atoms with E-state index in [1.54, 1.807) is 0 Å². The molecule has 4 aromatic rings. The van der Waals surface area contributed by atoms with E-state index in [0.717, 1.165) is 58.1 Å². The summed E-state index contributed by atoms with van der Waals surface area (Å²) in [5.41, 5.74) is 12.4. The molecule has 256 valence electrons. The van der Waals surface area contributed by atoms with Gasteiger partial charge in [-0.15, -0.1) is 37.2 Å². The second-order valence-electron chi connectivity index (χ2n) is 12.9. The van der Waals surface area contributed by atoms with Gasteiger partial charge in [0, 0.05) is 6.54 Å². The number of benzene rings is 2. The summed E-state index contributed by atoms with van der Waals surface area (Å²) in [6, 6.07) is 15.7. The molecule has 2 amide bonds. The van der Waals surface area contributed by atoms with Crippen molar-refractivity contribution in [3.63, 3.8) is 0 Å². The first-order valence-electron chi connectivity index (χ1n) is 15.2. The Morgan fingerprint density at radius 1 is 0.894 bits per heavy atom. The van der Waals surface area contributed by atoms with Crippen LogP contribution in [-0.2, 0) is 9.53 Å².